The van der Waals surface area contributed by atoms with Crippen molar-refractivity contribution in [1.82, 2.24) is 14.9 Å². The summed E-state index contributed by atoms with van der Waals surface area (Å²) in [6.07, 6.45) is 1.77. The van der Waals surface area contributed by atoms with E-state index in [1.165, 1.54) is 17.3 Å². The number of nitrogens with one attached hydrogen (secondary N) is 1. The van der Waals surface area contributed by atoms with Gasteiger partial charge in [-0.2, -0.15) is 0 Å². The number of benzene rings is 2. The number of nitrogens with zero attached hydrogens (tertiary/aromatic N) is 2. The summed E-state index contributed by atoms with van der Waals surface area (Å²) in [6, 6.07) is 18.1. The van der Waals surface area contributed by atoms with E-state index < -0.39 is 0 Å². The molecule has 1 N–H and O–H groups in total. The minimum atomic E-state index is -0.00268. The summed E-state index contributed by atoms with van der Waals surface area (Å²) < 4.78 is 1.62. The Morgan fingerprint density at radius 2 is 1.81 bits per heavy atom. The SMILES string of the molecule is Cc1cccc(Cc2c(C)nc(SCCCC(=O)NCc3ccccc3)n(C)c2=O)c1. The molecule has 162 valence electrons. The van der Waals surface area contributed by atoms with Crippen LogP contribution >= 0.6 is 11.8 Å². The second-order valence-corrected chi connectivity index (χ2v) is 8.76. The van der Waals surface area contributed by atoms with Crippen LogP contribution in [0.1, 0.15) is 40.8 Å². The van der Waals surface area contributed by atoms with Gasteiger partial charge in [-0.15, -0.1) is 0 Å². The Balaban J connectivity index is 1.52. The summed E-state index contributed by atoms with van der Waals surface area (Å²) in [7, 11) is 1.77. The first-order valence-corrected chi connectivity index (χ1v) is 11.5. The first kappa shape index (κ1) is 22.8. The average Bonchev–Trinajstić information content (AvgIpc) is 2.77. The molecule has 0 aliphatic carbocycles. The van der Waals surface area contributed by atoms with Crippen LogP contribution in [0.25, 0.3) is 0 Å². The quantitative estimate of drug-likeness (QED) is 0.311. The van der Waals surface area contributed by atoms with Gasteiger partial charge in [0.15, 0.2) is 5.16 Å². The highest BCUT2D eigenvalue weighted by atomic mass is 32.2. The summed E-state index contributed by atoms with van der Waals surface area (Å²) in [6.45, 7) is 4.49. The van der Waals surface area contributed by atoms with Crippen molar-refractivity contribution in [2.45, 2.75) is 44.8 Å². The van der Waals surface area contributed by atoms with Crippen molar-refractivity contribution >= 4 is 17.7 Å². The predicted molar refractivity (Wildman–Crippen MR) is 126 cm³/mol. The van der Waals surface area contributed by atoms with Gasteiger partial charge in [0, 0.05) is 43.4 Å². The number of carbonyl (C=O) groups excluding carboxylic acids is 1. The van der Waals surface area contributed by atoms with E-state index in [2.05, 4.69) is 16.4 Å². The van der Waals surface area contributed by atoms with E-state index in [0.29, 0.717) is 24.5 Å². The van der Waals surface area contributed by atoms with Gasteiger partial charge in [-0.25, -0.2) is 4.98 Å². The number of aryl methyl sites for hydroxylation is 2. The van der Waals surface area contributed by atoms with Gasteiger partial charge in [0.2, 0.25) is 5.91 Å². The normalized spacial score (nSPS) is 10.8. The Bertz CT molecular complexity index is 1090. The molecule has 6 heteroatoms. The number of carbonyl (C=O) groups is 1. The molecule has 5 nitrogen and oxygen atoms in total. The molecule has 1 heterocycles. The molecular formula is C25H29N3O2S. The van der Waals surface area contributed by atoms with Crippen LogP contribution in [0.3, 0.4) is 0 Å². The number of hydrogen-bond donors (Lipinski definition) is 1. The molecule has 0 unspecified atom stereocenters. The smallest absolute Gasteiger partial charge is 0.257 e. The van der Waals surface area contributed by atoms with Crippen LogP contribution in [0.15, 0.2) is 64.5 Å². The fourth-order valence-corrected chi connectivity index (χ4v) is 4.32. The Hall–Kier alpha value is -2.86. The number of rotatable bonds is 9. The molecular weight excluding hydrogens is 406 g/mol. The summed E-state index contributed by atoms with van der Waals surface area (Å²) >= 11 is 1.52. The zero-order chi connectivity index (χ0) is 22.2. The van der Waals surface area contributed by atoms with Crippen molar-refractivity contribution in [3.63, 3.8) is 0 Å². The van der Waals surface area contributed by atoms with E-state index in [0.717, 1.165) is 34.6 Å². The molecule has 1 aromatic heterocycles. The lowest BCUT2D eigenvalue weighted by Crippen LogP contribution is -2.26. The van der Waals surface area contributed by atoms with Crippen LogP contribution in [0.5, 0.6) is 0 Å². The number of hydrogen-bond acceptors (Lipinski definition) is 4. The van der Waals surface area contributed by atoms with Crippen LogP contribution in [0, 0.1) is 13.8 Å². The van der Waals surface area contributed by atoms with Gasteiger partial charge in [-0.3, -0.25) is 14.2 Å². The molecule has 0 radical (unpaired) electrons. The van der Waals surface area contributed by atoms with E-state index in [-0.39, 0.29) is 11.5 Å². The second-order valence-electron chi connectivity index (χ2n) is 7.70. The van der Waals surface area contributed by atoms with Crippen LogP contribution in [-0.4, -0.2) is 21.2 Å². The number of aromatic nitrogens is 2. The van der Waals surface area contributed by atoms with Crippen molar-refractivity contribution < 1.29 is 4.79 Å². The van der Waals surface area contributed by atoms with Crippen molar-refractivity contribution in [2.75, 3.05) is 5.75 Å². The molecule has 3 aromatic rings. The largest absolute Gasteiger partial charge is 0.352 e. The lowest BCUT2D eigenvalue weighted by molar-refractivity contribution is -0.121. The maximum absolute atomic E-state index is 12.9. The van der Waals surface area contributed by atoms with Gasteiger partial charge in [0.1, 0.15) is 0 Å². The molecule has 0 saturated carbocycles. The highest BCUT2D eigenvalue weighted by molar-refractivity contribution is 7.99. The molecule has 31 heavy (non-hydrogen) atoms. The molecule has 0 spiro atoms. The van der Waals surface area contributed by atoms with E-state index in [4.69, 9.17) is 0 Å². The minimum absolute atomic E-state index is 0.00268. The van der Waals surface area contributed by atoms with Crippen molar-refractivity contribution in [2.24, 2.45) is 7.05 Å². The third kappa shape index (κ3) is 6.56. The molecule has 0 aliphatic heterocycles. The van der Waals surface area contributed by atoms with E-state index in [9.17, 15) is 9.59 Å². The fourth-order valence-electron chi connectivity index (χ4n) is 3.37. The van der Waals surface area contributed by atoms with Gasteiger partial charge in [0.25, 0.3) is 5.56 Å². The Labute approximate surface area is 187 Å². The van der Waals surface area contributed by atoms with Gasteiger partial charge in [-0.05, 0) is 31.4 Å². The lowest BCUT2D eigenvalue weighted by atomic mass is 10.0. The van der Waals surface area contributed by atoms with Crippen molar-refractivity contribution in [3.8, 4) is 0 Å². The van der Waals surface area contributed by atoms with Gasteiger partial charge in [0.05, 0.1) is 0 Å². The second kappa shape index (κ2) is 11.0. The average molecular weight is 436 g/mol. The van der Waals surface area contributed by atoms with Gasteiger partial charge >= 0.3 is 0 Å². The fraction of sp³-hybridized carbons (Fsp3) is 0.320. The highest BCUT2D eigenvalue weighted by Crippen LogP contribution is 2.18. The summed E-state index contributed by atoms with van der Waals surface area (Å²) in [5.74, 6) is 0.770. The molecule has 0 atom stereocenters. The van der Waals surface area contributed by atoms with Gasteiger partial charge in [-0.1, -0.05) is 71.9 Å². The third-order valence-corrected chi connectivity index (χ3v) is 6.24. The molecule has 0 bridgehead atoms. The van der Waals surface area contributed by atoms with Crippen molar-refractivity contribution in [1.29, 1.82) is 0 Å². The Morgan fingerprint density at radius 1 is 1.06 bits per heavy atom. The zero-order valence-corrected chi connectivity index (χ0v) is 19.2. The maximum atomic E-state index is 12.9. The van der Waals surface area contributed by atoms with Crippen molar-refractivity contribution in [3.05, 3.63) is 92.9 Å². The standard InChI is InChI=1S/C25H29N3O2S/c1-18-9-7-12-21(15-18)16-22-19(2)27-25(28(3)24(22)30)31-14-8-13-23(29)26-17-20-10-5-4-6-11-20/h4-7,9-12,15H,8,13-14,16-17H2,1-3H3,(H,26,29). The lowest BCUT2D eigenvalue weighted by Gasteiger charge is -2.12. The van der Waals surface area contributed by atoms with E-state index in [1.54, 1.807) is 11.6 Å². The Kier molecular flexibility index (Phi) is 8.06. The summed E-state index contributed by atoms with van der Waals surface area (Å²) in [5.41, 5.74) is 4.89. The van der Waals surface area contributed by atoms with Crippen LogP contribution < -0.4 is 10.9 Å². The molecule has 3 rings (SSSR count). The molecule has 0 aliphatic rings. The zero-order valence-electron chi connectivity index (χ0n) is 18.4. The predicted octanol–water partition coefficient (Wildman–Crippen LogP) is 4.18. The first-order valence-electron chi connectivity index (χ1n) is 10.5. The topological polar surface area (TPSA) is 64.0 Å². The molecule has 2 aromatic carbocycles. The molecule has 1 amide bonds. The number of thioether (sulfide) groups is 1. The Morgan fingerprint density at radius 3 is 2.55 bits per heavy atom. The molecule has 0 fully saturated rings. The van der Waals surface area contributed by atoms with E-state index in [1.807, 2.05) is 62.4 Å². The van der Waals surface area contributed by atoms with Crippen LogP contribution in [0.2, 0.25) is 0 Å². The third-order valence-electron chi connectivity index (χ3n) is 5.13. The van der Waals surface area contributed by atoms with Crippen LogP contribution in [-0.2, 0) is 24.8 Å². The first-order chi connectivity index (χ1) is 14.9. The van der Waals surface area contributed by atoms with Gasteiger partial charge < -0.3 is 5.32 Å². The van der Waals surface area contributed by atoms with Crippen LogP contribution in [0.4, 0.5) is 0 Å². The molecule has 0 saturated heterocycles. The highest BCUT2D eigenvalue weighted by Gasteiger charge is 2.13. The monoisotopic (exact) mass is 435 g/mol. The maximum Gasteiger partial charge on any atom is 0.257 e. The minimum Gasteiger partial charge on any atom is -0.352 e. The van der Waals surface area contributed by atoms with E-state index >= 15 is 0 Å². The summed E-state index contributed by atoms with van der Waals surface area (Å²) in [4.78, 5) is 29.6. The number of amides is 1. The summed E-state index contributed by atoms with van der Waals surface area (Å²) in [5, 5.41) is 3.64.